The molecule has 0 bridgehead atoms. The Hall–Kier alpha value is -1.93. The lowest BCUT2D eigenvalue weighted by Crippen LogP contribution is -2.41. The van der Waals surface area contributed by atoms with Gasteiger partial charge < -0.3 is 10.6 Å². The zero-order chi connectivity index (χ0) is 16.2. The topological polar surface area (TPSA) is 118 Å². The fraction of sp³-hybridized carbons (Fsp3) is 0.429. The number of amides is 2. The number of rotatable bonds is 5. The molecule has 1 unspecified atom stereocenters. The van der Waals surface area contributed by atoms with Crippen molar-refractivity contribution in [2.24, 2.45) is 11.1 Å². The average Bonchev–Trinajstić information content (AvgIpc) is 2.47. The zero-order valence-electron chi connectivity index (χ0n) is 12.0. The van der Waals surface area contributed by atoms with Crippen LogP contribution in [0.25, 0.3) is 0 Å². The monoisotopic (exact) mass is 325 g/mol. The molecule has 1 fully saturated rings. The summed E-state index contributed by atoms with van der Waals surface area (Å²) in [7, 11) is -3.68. The molecule has 1 heterocycles. The molecule has 0 saturated carbocycles. The first-order valence-corrected chi connectivity index (χ1v) is 8.57. The first-order valence-electron chi connectivity index (χ1n) is 7.02. The largest absolute Gasteiger partial charge is 0.356 e. The Kier molecular flexibility index (Phi) is 5.15. The molecular weight excluding hydrogens is 306 g/mol. The Morgan fingerprint density at radius 3 is 2.59 bits per heavy atom. The molecule has 1 atom stereocenters. The third-order valence-electron chi connectivity index (χ3n) is 3.58. The Balaban J connectivity index is 1.81. The second-order valence-corrected chi connectivity index (χ2v) is 6.83. The van der Waals surface area contributed by atoms with Crippen molar-refractivity contribution in [2.75, 3.05) is 13.1 Å². The van der Waals surface area contributed by atoms with E-state index in [4.69, 9.17) is 5.14 Å². The van der Waals surface area contributed by atoms with Gasteiger partial charge in [-0.05, 0) is 30.5 Å². The smallest absolute Gasteiger partial charge is 0.238 e. The lowest BCUT2D eigenvalue weighted by atomic mass is 9.96. The number of piperidine rings is 1. The number of hydrogen-bond donors (Lipinski definition) is 3. The van der Waals surface area contributed by atoms with Gasteiger partial charge in [0.25, 0.3) is 0 Å². The minimum atomic E-state index is -3.68. The lowest BCUT2D eigenvalue weighted by molar-refractivity contribution is -0.132. The quantitative estimate of drug-likeness (QED) is 0.677. The van der Waals surface area contributed by atoms with E-state index in [1.807, 2.05) is 0 Å². The van der Waals surface area contributed by atoms with E-state index in [2.05, 4.69) is 10.6 Å². The number of carbonyl (C=O) groups is 2. The van der Waals surface area contributed by atoms with Gasteiger partial charge in [-0.2, -0.15) is 0 Å². The number of hydrogen-bond acceptors (Lipinski definition) is 4. The second kappa shape index (κ2) is 6.89. The van der Waals surface area contributed by atoms with Crippen LogP contribution in [-0.4, -0.2) is 33.3 Å². The number of sulfonamides is 1. The number of nitrogens with one attached hydrogen (secondary N) is 2. The predicted octanol–water partition coefficient (Wildman–Crippen LogP) is -0.481. The number of primary sulfonamides is 1. The maximum absolute atomic E-state index is 11.9. The average molecular weight is 325 g/mol. The molecule has 8 heteroatoms. The van der Waals surface area contributed by atoms with Crippen molar-refractivity contribution < 1.29 is 18.0 Å². The van der Waals surface area contributed by atoms with E-state index in [0.717, 1.165) is 5.56 Å². The Morgan fingerprint density at radius 2 is 2.00 bits per heavy atom. The predicted molar refractivity (Wildman–Crippen MR) is 80.3 cm³/mol. The summed E-state index contributed by atoms with van der Waals surface area (Å²) >= 11 is 0. The summed E-state index contributed by atoms with van der Waals surface area (Å²) in [5, 5.41) is 10.5. The first kappa shape index (κ1) is 16.4. The van der Waals surface area contributed by atoms with E-state index in [1.54, 1.807) is 12.1 Å². The van der Waals surface area contributed by atoms with Crippen LogP contribution in [0.1, 0.15) is 18.4 Å². The molecule has 1 aromatic carbocycles. The summed E-state index contributed by atoms with van der Waals surface area (Å²) in [6.07, 6.45) is 1.46. The molecule has 2 amide bonds. The summed E-state index contributed by atoms with van der Waals surface area (Å²) in [5.41, 5.74) is 0.897. The molecule has 4 N–H and O–H groups in total. The third-order valence-corrected chi connectivity index (χ3v) is 4.51. The van der Waals surface area contributed by atoms with Gasteiger partial charge in [-0.1, -0.05) is 12.1 Å². The molecule has 22 heavy (non-hydrogen) atoms. The van der Waals surface area contributed by atoms with E-state index in [1.165, 1.54) is 12.1 Å². The van der Waals surface area contributed by atoms with Crippen LogP contribution in [-0.2, 0) is 26.0 Å². The highest BCUT2D eigenvalue weighted by Crippen LogP contribution is 2.13. The standard InChI is InChI=1S/C14H19N3O4S/c15-22(20,21)12-3-1-10(2-4-12)5-7-17-14(19)11-6-8-16-13(18)9-11/h1-4,11H,5-9H2,(H,16,18)(H,17,19)(H2,15,20,21). The summed E-state index contributed by atoms with van der Waals surface area (Å²) in [5.74, 6) is -0.473. The molecular formula is C14H19N3O4S. The van der Waals surface area contributed by atoms with Crippen molar-refractivity contribution >= 4 is 21.8 Å². The lowest BCUT2D eigenvalue weighted by Gasteiger charge is -2.21. The number of nitrogens with two attached hydrogens (primary N) is 1. The van der Waals surface area contributed by atoms with Gasteiger partial charge in [-0.15, -0.1) is 0 Å². The summed E-state index contributed by atoms with van der Waals surface area (Å²) in [6, 6.07) is 6.22. The molecule has 0 spiro atoms. The molecule has 1 saturated heterocycles. The minimum Gasteiger partial charge on any atom is -0.356 e. The van der Waals surface area contributed by atoms with Crippen molar-refractivity contribution in [1.82, 2.24) is 10.6 Å². The molecule has 120 valence electrons. The fourth-order valence-electron chi connectivity index (χ4n) is 2.33. The third kappa shape index (κ3) is 4.54. The van der Waals surface area contributed by atoms with Crippen molar-refractivity contribution in [2.45, 2.75) is 24.2 Å². The van der Waals surface area contributed by atoms with Crippen molar-refractivity contribution in [3.05, 3.63) is 29.8 Å². The van der Waals surface area contributed by atoms with Gasteiger partial charge in [0.2, 0.25) is 21.8 Å². The van der Waals surface area contributed by atoms with Gasteiger partial charge in [0.05, 0.1) is 4.90 Å². The molecule has 7 nitrogen and oxygen atoms in total. The van der Waals surface area contributed by atoms with Gasteiger partial charge in [-0.25, -0.2) is 13.6 Å². The van der Waals surface area contributed by atoms with E-state index < -0.39 is 10.0 Å². The second-order valence-electron chi connectivity index (χ2n) is 5.27. The van der Waals surface area contributed by atoms with Crippen LogP contribution in [0.4, 0.5) is 0 Å². The molecule has 2 rings (SSSR count). The molecule has 0 radical (unpaired) electrons. The van der Waals surface area contributed by atoms with Crippen LogP contribution in [0.3, 0.4) is 0 Å². The van der Waals surface area contributed by atoms with Crippen molar-refractivity contribution in [1.29, 1.82) is 0 Å². The van der Waals surface area contributed by atoms with E-state index in [9.17, 15) is 18.0 Å². The minimum absolute atomic E-state index is 0.0634. The first-order chi connectivity index (χ1) is 10.4. The Bertz CT molecular complexity index is 655. The highest BCUT2D eigenvalue weighted by atomic mass is 32.2. The highest BCUT2D eigenvalue weighted by molar-refractivity contribution is 7.89. The van der Waals surface area contributed by atoms with Gasteiger partial charge >= 0.3 is 0 Å². The normalized spacial score (nSPS) is 18.6. The molecule has 1 aliphatic rings. The highest BCUT2D eigenvalue weighted by Gasteiger charge is 2.24. The Labute approximate surface area is 129 Å². The molecule has 0 aromatic heterocycles. The van der Waals surface area contributed by atoms with Gasteiger partial charge in [0, 0.05) is 25.4 Å². The molecule has 1 aliphatic heterocycles. The van der Waals surface area contributed by atoms with Crippen LogP contribution in [0.5, 0.6) is 0 Å². The van der Waals surface area contributed by atoms with Gasteiger partial charge in [0.1, 0.15) is 0 Å². The summed E-state index contributed by atoms with van der Waals surface area (Å²) in [6.45, 7) is 0.970. The summed E-state index contributed by atoms with van der Waals surface area (Å²) in [4.78, 5) is 23.2. The van der Waals surface area contributed by atoms with Crippen LogP contribution in [0, 0.1) is 5.92 Å². The van der Waals surface area contributed by atoms with Gasteiger partial charge in [0.15, 0.2) is 0 Å². The van der Waals surface area contributed by atoms with Crippen molar-refractivity contribution in [3.63, 3.8) is 0 Å². The SMILES string of the molecule is NS(=O)(=O)c1ccc(CCNC(=O)C2CCNC(=O)C2)cc1. The van der Waals surface area contributed by atoms with E-state index in [-0.39, 0.29) is 29.0 Å². The molecule has 1 aromatic rings. The van der Waals surface area contributed by atoms with E-state index >= 15 is 0 Å². The van der Waals surface area contributed by atoms with Crippen LogP contribution < -0.4 is 15.8 Å². The number of carbonyl (C=O) groups excluding carboxylic acids is 2. The maximum atomic E-state index is 11.9. The fourth-order valence-corrected chi connectivity index (χ4v) is 2.84. The van der Waals surface area contributed by atoms with Gasteiger partial charge in [-0.3, -0.25) is 9.59 Å². The van der Waals surface area contributed by atoms with E-state index in [0.29, 0.717) is 25.9 Å². The summed E-state index contributed by atoms with van der Waals surface area (Å²) < 4.78 is 22.3. The molecule has 0 aliphatic carbocycles. The van der Waals surface area contributed by atoms with Crippen LogP contribution in [0.2, 0.25) is 0 Å². The zero-order valence-corrected chi connectivity index (χ0v) is 12.9. The Morgan fingerprint density at radius 1 is 1.32 bits per heavy atom. The van der Waals surface area contributed by atoms with Crippen molar-refractivity contribution in [3.8, 4) is 0 Å². The number of benzene rings is 1. The van der Waals surface area contributed by atoms with Crippen LogP contribution in [0.15, 0.2) is 29.2 Å². The van der Waals surface area contributed by atoms with Crippen LogP contribution >= 0.6 is 0 Å². The maximum Gasteiger partial charge on any atom is 0.238 e.